The van der Waals surface area contributed by atoms with Gasteiger partial charge in [-0.1, -0.05) is 13.3 Å². The molecule has 1 saturated heterocycles. The van der Waals surface area contributed by atoms with E-state index in [4.69, 9.17) is 10.5 Å². The number of hydrogen-bond donors (Lipinski definition) is 1. The zero-order valence-corrected chi connectivity index (χ0v) is 10.7. The first-order chi connectivity index (χ1) is 7.70. The van der Waals surface area contributed by atoms with Crippen molar-refractivity contribution >= 4 is 0 Å². The SMILES string of the molecule is CC1CCCC1(CN)N(C)C1CCOCC1. The molecule has 3 nitrogen and oxygen atoms in total. The summed E-state index contributed by atoms with van der Waals surface area (Å²) in [4.78, 5) is 2.59. The van der Waals surface area contributed by atoms with Gasteiger partial charge in [-0.3, -0.25) is 4.90 Å². The van der Waals surface area contributed by atoms with Crippen LogP contribution < -0.4 is 5.73 Å². The first-order valence-electron chi connectivity index (χ1n) is 6.71. The third kappa shape index (κ3) is 2.01. The maximum absolute atomic E-state index is 6.09. The smallest absolute Gasteiger partial charge is 0.0480 e. The molecule has 2 fully saturated rings. The van der Waals surface area contributed by atoms with E-state index in [0.717, 1.165) is 25.7 Å². The summed E-state index contributed by atoms with van der Waals surface area (Å²) in [5.74, 6) is 0.741. The van der Waals surface area contributed by atoms with E-state index in [-0.39, 0.29) is 5.54 Å². The van der Waals surface area contributed by atoms with Crippen LogP contribution >= 0.6 is 0 Å². The Balaban J connectivity index is 2.07. The van der Waals surface area contributed by atoms with Gasteiger partial charge >= 0.3 is 0 Å². The van der Waals surface area contributed by atoms with Gasteiger partial charge in [0.15, 0.2) is 0 Å². The van der Waals surface area contributed by atoms with E-state index < -0.39 is 0 Å². The molecule has 16 heavy (non-hydrogen) atoms. The van der Waals surface area contributed by atoms with Gasteiger partial charge in [0.2, 0.25) is 0 Å². The van der Waals surface area contributed by atoms with Crippen LogP contribution in [0.25, 0.3) is 0 Å². The Morgan fingerprint density at radius 2 is 2.00 bits per heavy atom. The molecule has 0 amide bonds. The Morgan fingerprint density at radius 1 is 1.31 bits per heavy atom. The Kier molecular flexibility index (Phi) is 3.88. The Labute approximate surface area is 99.3 Å². The van der Waals surface area contributed by atoms with Crippen molar-refractivity contribution in [3.63, 3.8) is 0 Å². The van der Waals surface area contributed by atoms with Crippen LogP contribution in [0.1, 0.15) is 39.0 Å². The summed E-state index contributed by atoms with van der Waals surface area (Å²) in [6.07, 6.45) is 6.30. The van der Waals surface area contributed by atoms with Crippen LogP contribution in [0.15, 0.2) is 0 Å². The molecule has 2 unspecified atom stereocenters. The van der Waals surface area contributed by atoms with Crippen molar-refractivity contribution in [2.75, 3.05) is 26.8 Å². The van der Waals surface area contributed by atoms with Gasteiger partial charge in [-0.15, -0.1) is 0 Å². The van der Waals surface area contributed by atoms with E-state index in [1.54, 1.807) is 0 Å². The zero-order valence-electron chi connectivity index (χ0n) is 10.7. The molecule has 94 valence electrons. The second-order valence-electron chi connectivity index (χ2n) is 5.56. The minimum atomic E-state index is 0.266. The summed E-state index contributed by atoms with van der Waals surface area (Å²) in [5.41, 5.74) is 6.36. The predicted molar refractivity (Wildman–Crippen MR) is 66.4 cm³/mol. The van der Waals surface area contributed by atoms with Crippen molar-refractivity contribution in [3.8, 4) is 0 Å². The van der Waals surface area contributed by atoms with Gasteiger partial charge in [-0.2, -0.15) is 0 Å². The van der Waals surface area contributed by atoms with Crippen molar-refractivity contribution in [1.29, 1.82) is 0 Å². The standard InChI is InChI=1S/C13H26N2O/c1-11-4-3-7-13(11,10-14)15(2)12-5-8-16-9-6-12/h11-12H,3-10,14H2,1-2H3. The largest absolute Gasteiger partial charge is 0.381 e. The Hall–Kier alpha value is -0.120. The molecule has 0 aromatic carbocycles. The molecule has 0 spiro atoms. The molecule has 2 N–H and O–H groups in total. The minimum Gasteiger partial charge on any atom is -0.381 e. The normalized spacial score (nSPS) is 37.1. The maximum Gasteiger partial charge on any atom is 0.0480 e. The average Bonchev–Trinajstić information content (AvgIpc) is 2.72. The number of ether oxygens (including phenoxy) is 1. The number of rotatable bonds is 3. The van der Waals surface area contributed by atoms with Crippen molar-refractivity contribution < 1.29 is 4.74 Å². The summed E-state index contributed by atoms with van der Waals surface area (Å²) >= 11 is 0. The summed E-state index contributed by atoms with van der Waals surface area (Å²) < 4.78 is 5.45. The maximum atomic E-state index is 6.09. The van der Waals surface area contributed by atoms with Crippen LogP contribution in [0, 0.1) is 5.92 Å². The topological polar surface area (TPSA) is 38.5 Å². The summed E-state index contributed by atoms with van der Waals surface area (Å²) in [6.45, 7) is 5.02. The number of likely N-dealkylation sites (N-methyl/N-ethyl adjacent to an activating group) is 1. The van der Waals surface area contributed by atoms with Gasteiger partial charge in [0.05, 0.1) is 0 Å². The van der Waals surface area contributed by atoms with Gasteiger partial charge in [0.1, 0.15) is 0 Å². The van der Waals surface area contributed by atoms with Gasteiger partial charge in [-0.25, -0.2) is 0 Å². The third-order valence-corrected chi connectivity index (χ3v) is 4.96. The summed E-state index contributed by atoms with van der Waals surface area (Å²) in [5, 5.41) is 0. The van der Waals surface area contributed by atoms with Crippen LogP contribution in [0.2, 0.25) is 0 Å². The van der Waals surface area contributed by atoms with Crippen LogP contribution in [0.4, 0.5) is 0 Å². The van der Waals surface area contributed by atoms with E-state index in [1.807, 2.05) is 0 Å². The highest BCUT2D eigenvalue weighted by Gasteiger charge is 2.44. The monoisotopic (exact) mass is 226 g/mol. The molecule has 1 aliphatic heterocycles. The molecular weight excluding hydrogens is 200 g/mol. The molecule has 0 radical (unpaired) electrons. The Bertz CT molecular complexity index is 228. The van der Waals surface area contributed by atoms with Crippen molar-refractivity contribution in [1.82, 2.24) is 4.90 Å². The van der Waals surface area contributed by atoms with Crippen molar-refractivity contribution in [2.24, 2.45) is 11.7 Å². The first kappa shape index (κ1) is 12.3. The average molecular weight is 226 g/mol. The van der Waals surface area contributed by atoms with Crippen LogP contribution in [-0.2, 0) is 4.74 Å². The van der Waals surface area contributed by atoms with Crippen LogP contribution in [0.3, 0.4) is 0 Å². The van der Waals surface area contributed by atoms with E-state index in [9.17, 15) is 0 Å². The second-order valence-corrected chi connectivity index (χ2v) is 5.56. The second kappa shape index (κ2) is 5.03. The molecule has 2 rings (SSSR count). The molecule has 2 atom stereocenters. The molecule has 0 aromatic heterocycles. The third-order valence-electron chi connectivity index (χ3n) is 4.96. The number of hydrogen-bond acceptors (Lipinski definition) is 3. The molecule has 1 aliphatic carbocycles. The fourth-order valence-electron chi connectivity index (χ4n) is 3.64. The lowest BCUT2D eigenvalue weighted by Gasteiger charge is -2.47. The zero-order chi connectivity index (χ0) is 11.6. The van der Waals surface area contributed by atoms with Crippen LogP contribution in [-0.4, -0.2) is 43.3 Å². The lowest BCUT2D eigenvalue weighted by Crippen LogP contribution is -2.58. The molecule has 0 bridgehead atoms. The summed E-state index contributed by atoms with van der Waals surface area (Å²) in [6, 6.07) is 0.679. The summed E-state index contributed by atoms with van der Waals surface area (Å²) in [7, 11) is 2.28. The number of nitrogens with two attached hydrogens (primary N) is 1. The first-order valence-corrected chi connectivity index (χ1v) is 6.71. The highest BCUT2D eigenvalue weighted by atomic mass is 16.5. The molecule has 1 saturated carbocycles. The highest BCUT2D eigenvalue weighted by molar-refractivity contribution is 5.01. The molecule has 2 aliphatic rings. The fourth-order valence-corrected chi connectivity index (χ4v) is 3.64. The molecule has 3 heteroatoms. The van der Waals surface area contributed by atoms with Gasteiger partial charge < -0.3 is 10.5 Å². The predicted octanol–water partition coefficient (Wildman–Crippen LogP) is 1.61. The Morgan fingerprint density at radius 3 is 2.50 bits per heavy atom. The highest BCUT2D eigenvalue weighted by Crippen LogP contribution is 2.40. The number of nitrogens with zero attached hydrogens (tertiary/aromatic N) is 1. The lowest BCUT2D eigenvalue weighted by molar-refractivity contribution is -0.0139. The van der Waals surface area contributed by atoms with Gasteiger partial charge in [-0.05, 0) is 38.6 Å². The molecule has 0 aromatic rings. The van der Waals surface area contributed by atoms with Gasteiger partial charge in [0, 0.05) is 31.3 Å². The van der Waals surface area contributed by atoms with E-state index >= 15 is 0 Å². The molecule has 1 heterocycles. The van der Waals surface area contributed by atoms with Crippen molar-refractivity contribution in [3.05, 3.63) is 0 Å². The van der Waals surface area contributed by atoms with Crippen LogP contribution in [0.5, 0.6) is 0 Å². The molecular formula is C13H26N2O. The van der Waals surface area contributed by atoms with E-state index in [0.29, 0.717) is 6.04 Å². The van der Waals surface area contributed by atoms with E-state index in [1.165, 1.54) is 32.1 Å². The minimum absolute atomic E-state index is 0.266. The van der Waals surface area contributed by atoms with Crippen molar-refractivity contribution in [2.45, 2.75) is 50.6 Å². The quantitative estimate of drug-likeness (QED) is 0.794. The fraction of sp³-hybridized carbons (Fsp3) is 1.00. The lowest BCUT2D eigenvalue weighted by atomic mass is 9.84. The van der Waals surface area contributed by atoms with E-state index in [2.05, 4.69) is 18.9 Å². The van der Waals surface area contributed by atoms with Gasteiger partial charge in [0.25, 0.3) is 0 Å².